The van der Waals surface area contributed by atoms with E-state index in [9.17, 15) is 14.4 Å². The zero-order valence-electron chi connectivity index (χ0n) is 21.6. The van der Waals surface area contributed by atoms with E-state index in [2.05, 4.69) is 25.6 Å². The molecule has 1 N–H and O–H groups in total. The van der Waals surface area contributed by atoms with Crippen molar-refractivity contribution in [3.05, 3.63) is 48.6 Å². The zero-order valence-corrected chi connectivity index (χ0v) is 21.6. The predicted octanol–water partition coefficient (Wildman–Crippen LogP) is 3.50. The number of aryl methyl sites for hydroxylation is 1. The molecule has 2 heterocycles. The Morgan fingerprint density at radius 3 is 2.00 bits per heavy atom. The number of likely N-dealkylation sites (tertiary alicyclic amines) is 1. The molecule has 35 heavy (non-hydrogen) atoms. The Hall–Kier alpha value is -3.16. The van der Waals surface area contributed by atoms with Gasteiger partial charge in [0.15, 0.2) is 0 Å². The minimum Gasteiger partial charge on any atom is -0.483 e. The van der Waals surface area contributed by atoms with Crippen molar-refractivity contribution in [2.75, 3.05) is 26.2 Å². The van der Waals surface area contributed by atoms with Crippen LogP contribution >= 0.6 is 0 Å². The average Bonchev–Trinajstić information content (AvgIpc) is 3.69. The van der Waals surface area contributed by atoms with Crippen molar-refractivity contribution < 1.29 is 24.3 Å². The van der Waals surface area contributed by atoms with Crippen molar-refractivity contribution in [2.45, 2.75) is 71.4 Å². The van der Waals surface area contributed by atoms with Gasteiger partial charge in [0, 0.05) is 26.2 Å². The second kappa shape index (κ2) is 15.0. The highest BCUT2D eigenvalue weighted by Crippen LogP contribution is 2.45. The van der Waals surface area contributed by atoms with E-state index >= 15 is 0 Å². The monoisotopic (exact) mass is 487 g/mol. The van der Waals surface area contributed by atoms with Gasteiger partial charge < -0.3 is 19.8 Å². The van der Waals surface area contributed by atoms with Crippen molar-refractivity contribution in [2.24, 2.45) is 0 Å². The summed E-state index contributed by atoms with van der Waals surface area (Å²) in [5, 5.41) is 6.89. The summed E-state index contributed by atoms with van der Waals surface area (Å²) in [5.74, 6) is -0.223. The number of hydrogen-bond acceptors (Lipinski definition) is 4. The van der Waals surface area contributed by atoms with Crippen LogP contribution in [-0.2, 0) is 19.2 Å². The molecule has 2 aliphatic heterocycles. The maximum Gasteiger partial charge on any atom is 0.290 e. The highest BCUT2D eigenvalue weighted by atomic mass is 16.3. The zero-order chi connectivity index (χ0) is 26.4. The molecule has 3 aliphatic rings. The Labute approximate surface area is 209 Å². The molecule has 1 atom stereocenters. The van der Waals surface area contributed by atoms with Crippen molar-refractivity contribution in [3.63, 3.8) is 0 Å². The predicted molar refractivity (Wildman–Crippen MR) is 137 cm³/mol. The van der Waals surface area contributed by atoms with Gasteiger partial charge in [0.2, 0.25) is 17.7 Å². The Kier molecular flexibility index (Phi) is 12.8. The molecule has 1 aliphatic carbocycles. The van der Waals surface area contributed by atoms with E-state index in [1.807, 2.05) is 43.9 Å². The summed E-state index contributed by atoms with van der Waals surface area (Å²) in [5.41, 5.74) is 0.613. The first-order chi connectivity index (χ1) is 16.8. The van der Waals surface area contributed by atoms with Gasteiger partial charge in [-0.2, -0.15) is 0 Å². The van der Waals surface area contributed by atoms with Crippen LogP contribution in [-0.4, -0.2) is 81.8 Å². The first-order valence-corrected chi connectivity index (χ1v) is 12.5. The summed E-state index contributed by atoms with van der Waals surface area (Å²) in [6, 6.07) is 9.82. The number of rotatable bonds is 3. The third kappa shape index (κ3) is 7.94. The number of amides is 3. The number of carbonyl (C=O) groups excluding carboxylic acids is 3. The van der Waals surface area contributed by atoms with E-state index in [1.54, 1.807) is 9.80 Å². The lowest BCUT2D eigenvalue weighted by Gasteiger charge is -2.44. The first-order valence-electron chi connectivity index (χ1n) is 12.5. The molecule has 1 unspecified atom stereocenters. The molecule has 4 rings (SSSR count). The molecule has 1 aromatic carbocycles. The van der Waals surface area contributed by atoms with Crippen LogP contribution in [0.25, 0.3) is 0 Å². The van der Waals surface area contributed by atoms with E-state index in [0.29, 0.717) is 25.9 Å². The summed E-state index contributed by atoms with van der Waals surface area (Å²) < 4.78 is 0. The largest absolute Gasteiger partial charge is 0.483 e. The number of carboxylic acid groups (broad SMARTS) is 1. The maximum absolute atomic E-state index is 12.9. The smallest absolute Gasteiger partial charge is 0.290 e. The molecule has 0 radical (unpaired) electrons. The standard InChI is InChI=1S/C17H25N3O3.C7H8.C2H6.CH2O2/c1-3-14(21)20-12-11-19(16(23)17(20)7-8-17)13(2)15(22)18-9-5-4-6-10-18;1-7-5-3-2-4-6-7;1-2;2-1-3/h3,13H,1,4-12H2,2H3;2-6H,1H3;1-2H3;1H,(H,2,3). The minimum absolute atomic E-state index is 0.0392. The van der Waals surface area contributed by atoms with Crippen LogP contribution in [0.3, 0.4) is 0 Å². The normalized spacial score (nSPS) is 18.4. The highest BCUT2D eigenvalue weighted by Gasteiger charge is 2.60. The van der Waals surface area contributed by atoms with Gasteiger partial charge >= 0.3 is 0 Å². The molecule has 1 saturated carbocycles. The Balaban J connectivity index is 0.000000425. The number of piperidine rings is 1. The lowest BCUT2D eigenvalue weighted by molar-refractivity contribution is -0.158. The van der Waals surface area contributed by atoms with Crippen LogP contribution < -0.4 is 0 Å². The van der Waals surface area contributed by atoms with Crippen molar-refractivity contribution in [3.8, 4) is 0 Å². The van der Waals surface area contributed by atoms with Crippen molar-refractivity contribution in [1.82, 2.24) is 14.7 Å². The first kappa shape index (κ1) is 29.9. The summed E-state index contributed by atoms with van der Waals surface area (Å²) >= 11 is 0. The summed E-state index contributed by atoms with van der Waals surface area (Å²) in [6.45, 7) is 13.6. The van der Waals surface area contributed by atoms with Gasteiger partial charge in [-0.05, 0) is 52.0 Å². The molecule has 8 heteroatoms. The number of carbonyl (C=O) groups is 4. The van der Waals surface area contributed by atoms with Crippen LogP contribution in [0.5, 0.6) is 0 Å². The second-order valence-corrected chi connectivity index (χ2v) is 8.55. The minimum atomic E-state index is -0.708. The third-order valence-electron chi connectivity index (χ3n) is 6.34. The van der Waals surface area contributed by atoms with Gasteiger partial charge in [0.05, 0.1) is 0 Å². The van der Waals surface area contributed by atoms with Crippen LogP contribution in [0.1, 0.15) is 58.4 Å². The van der Waals surface area contributed by atoms with Crippen LogP contribution in [0, 0.1) is 6.92 Å². The molecular weight excluding hydrogens is 446 g/mol. The summed E-state index contributed by atoms with van der Waals surface area (Å²) in [7, 11) is 0. The van der Waals surface area contributed by atoms with Gasteiger partial charge in [0.1, 0.15) is 11.6 Å². The van der Waals surface area contributed by atoms with Crippen LogP contribution in [0.4, 0.5) is 0 Å². The third-order valence-corrected chi connectivity index (χ3v) is 6.34. The van der Waals surface area contributed by atoms with Gasteiger partial charge in [0.25, 0.3) is 6.47 Å². The molecule has 194 valence electrons. The molecule has 3 fully saturated rings. The van der Waals surface area contributed by atoms with Gasteiger partial charge in [-0.15, -0.1) is 0 Å². The molecule has 2 saturated heterocycles. The van der Waals surface area contributed by atoms with Crippen molar-refractivity contribution in [1.29, 1.82) is 0 Å². The molecule has 0 aromatic heterocycles. The second-order valence-electron chi connectivity index (χ2n) is 8.55. The lowest BCUT2D eigenvalue weighted by atomic mass is 10.0. The topological polar surface area (TPSA) is 98.2 Å². The summed E-state index contributed by atoms with van der Waals surface area (Å²) in [6.07, 6.45) is 5.89. The van der Waals surface area contributed by atoms with E-state index in [1.165, 1.54) is 18.1 Å². The SMILES string of the molecule is C=CC(=O)N1CCN(C(C)C(=O)N2CCCCC2)C(=O)C12CC2.CC.Cc1ccccc1.O=CO. The molecule has 1 spiro atoms. The number of hydrogen-bond donors (Lipinski definition) is 1. The molecule has 8 nitrogen and oxygen atoms in total. The Morgan fingerprint density at radius 2 is 1.57 bits per heavy atom. The molecule has 3 amide bonds. The van der Waals surface area contributed by atoms with E-state index < -0.39 is 11.6 Å². The van der Waals surface area contributed by atoms with Gasteiger partial charge in [-0.1, -0.05) is 56.3 Å². The quantitative estimate of drug-likeness (QED) is 0.520. The maximum atomic E-state index is 12.9. The molecular formula is C27H41N3O5. The van der Waals surface area contributed by atoms with Crippen molar-refractivity contribution >= 4 is 24.2 Å². The summed E-state index contributed by atoms with van der Waals surface area (Å²) in [4.78, 5) is 51.1. The van der Waals surface area contributed by atoms with Gasteiger partial charge in [-0.25, -0.2) is 0 Å². The number of piperazine rings is 1. The van der Waals surface area contributed by atoms with E-state index in [0.717, 1.165) is 25.9 Å². The van der Waals surface area contributed by atoms with E-state index in [4.69, 9.17) is 9.90 Å². The highest BCUT2D eigenvalue weighted by molar-refractivity contribution is 6.00. The molecule has 1 aromatic rings. The van der Waals surface area contributed by atoms with Crippen LogP contribution in [0.15, 0.2) is 43.0 Å². The van der Waals surface area contributed by atoms with Crippen LogP contribution in [0.2, 0.25) is 0 Å². The fourth-order valence-electron chi connectivity index (χ4n) is 4.36. The Morgan fingerprint density at radius 1 is 1.03 bits per heavy atom. The fourth-order valence-corrected chi connectivity index (χ4v) is 4.36. The average molecular weight is 488 g/mol. The lowest BCUT2D eigenvalue weighted by Crippen LogP contribution is -2.64. The number of nitrogens with zero attached hydrogens (tertiary/aromatic N) is 3. The van der Waals surface area contributed by atoms with E-state index in [-0.39, 0.29) is 24.2 Å². The Bertz CT molecular complexity index is 832. The number of benzene rings is 1. The fraction of sp³-hybridized carbons (Fsp3) is 0.556. The van der Waals surface area contributed by atoms with Gasteiger partial charge in [-0.3, -0.25) is 19.2 Å². The molecule has 0 bridgehead atoms.